The second-order valence-electron chi connectivity index (χ2n) is 5.52. The molecule has 1 aromatic rings. The fraction of sp³-hybridized carbons (Fsp3) is 0.643. The van der Waals surface area contributed by atoms with Crippen LogP contribution in [0.2, 0.25) is 0 Å². The van der Waals surface area contributed by atoms with Gasteiger partial charge in [0.25, 0.3) is 0 Å². The Balaban J connectivity index is 2.99. The molecule has 6 heteroatoms. The molecule has 0 aromatic carbocycles. The lowest BCUT2D eigenvalue weighted by molar-refractivity contribution is 0.0587. The number of methoxy groups -OCH3 is 1. The highest BCUT2D eigenvalue weighted by Crippen LogP contribution is 2.20. The minimum absolute atomic E-state index is 0.0223. The summed E-state index contributed by atoms with van der Waals surface area (Å²) < 4.78 is 4.65. The summed E-state index contributed by atoms with van der Waals surface area (Å²) in [5.41, 5.74) is 5.77. The van der Waals surface area contributed by atoms with E-state index in [1.165, 1.54) is 7.11 Å². The molecule has 2 N–H and O–H groups in total. The third-order valence-electron chi connectivity index (χ3n) is 3.00. The van der Waals surface area contributed by atoms with Crippen molar-refractivity contribution in [1.29, 1.82) is 0 Å². The van der Waals surface area contributed by atoms with Gasteiger partial charge in [-0.3, -0.25) is 0 Å². The van der Waals surface area contributed by atoms with Gasteiger partial charge in [0.1, 0.15) is 5.82 Å². The van der Waals surface area contributed by atoms with Gasteiger partial charge in [-0.1, -0.05) is 20.8 Å². The molecule has 0 fully saturated rings. The van der Waals surface area contributed by atoms with Crippen molar-refractivity contribution in [2.75, 3.05) is 31.6 Å². The van der Waals surface area contributed by atoms with E-state index in [1.807, 2.05) is 0 Å². The molecule has 0 spiro atoms. The largest absolute Gasteiger partial charge is 0.463 e. The Morgan fingerprint density at radius 3 is 2.75 bits per heavy atom. The molecule has 0 saturated carbocycles. The second kappa shape index (κ2) is 7.19. The number of hydrogen-bond acceptors (Lipinski definition) is 6. The van der Waals surface area contributed by atoms with E-state index in [0.29, 0.717) is 6.54 Å². The zero-order valence-electron chi connectivity index (χ0n) is 12.7. The summed E-state index contributed by atoms with van der Waals surface area (Å²) in [6.45, 7) is 8.53. The summed E-state index contributed by atoms with van der Waals surface area (Å²) in [5.74, 6) is 0.279. The van der Waals surface area contributed by atoms with E-state index in [2.05, 4.69) is 40.4 Å². The van der Waals surface area contributed by atoms with Crippen LogP contribution in [-0.4, -0.2) is 42.7 Å². The number of aromatic nitrogens is 2. The van der Waals surface area contributed by atoms with Crippen LogP contribution in [0.1, 0.15) is 37.8 Å². The second-order valence-corrected chi connectivity index (χ2v) is 5.52. The minimum atomic E-state index is -0.526. The smallest absolute Gasteiger partial charge is 0.376 e. The summed E-state index contributed by atoms with van der Waals surface area (Å²) in [4.78, 5) is 21.8. The number of carbonyl (C=O) groups excluding carboxylic acids is 1. The molecule has 1 aromatic heterocycles. The van der Waals surface area contributed by atoms with Gasteiger partial charge in [-0.15, -0.1) is 0 Å². The topological polar surface area (TPSA) is 81.3 Å². The molecule has 6 nitrogen and oxygen atoms in total. The summed E-state index contributed by atoms with van der Waals surface area (Å²) in [6.07, 6.45) is 2.56. The first-order valence-corrected chi connectivity index (χ1v) is 6.80. The van der Waals surface area contributed by atoms with Gasteiger partial charge in [-0.2, -0.15) is 0 Å². The van der Waals surface area contributed by atoms with E-state index in [4.69, 9.17) is 5.73 Å². The fourth-order valence-electron chi connectivity index (χ4n) is 1.84. The average Bonchev–Trinajstić information content (AvgIpc) is 2.46. The molecule has 0 aliphatic heterocycles. The Morgan fingerprint density at radius 1 is 1.50 bits per heavy atom. The van der Waals surface area contributed by atoms with Crippen LogP contribution < -0.4 is 10.6 Å². The van der Waals surface area contributed by atoms with Crippen LogP contribution >= 0.6 is 0 Å². The predicted molar refractivity (Wildman–Crippen MR) is 78.7 cm³/mol. The first-order valence-electron chi connectivity index (χ1n) is 6.80. The van der Waals surface area contributed by atoms with Crippen LogP contribution in [-0.2, 0) is 4.74 Å². The zero-order chi connectivity index (χ0) is 15.2. The van der Waals surface area contributed by atoms with Crippen molar-refractivity contribution in [3.05, 3.63) is 18.1 Å². The van der Waals surface area contributed by atoms with E-state index in [1.54, 1.807) is 12.3 Å². The molecule has 1 heterocycles. The molecule has 20 heavy (non-hydrogen) atoms. The molecule has 0 bridgehead atoms. The molecular weight excluding hydrogens is 256 g/mol. The van der Waals surface area contributed by atoms with Crippen molar-refractivity contribution in [1.82, 2.24) is 9.97 Å². The number of anilines is 1. The lowest BCUT2D eigenvalue weighted by Crippen LogP contribution is -2.39. The number of hydrogen-bond donors (Lipinski definition) is 1. The van der Waals surface area contributed by atoms with Crippen LogP contribution in [0, 0.1) is 5.41 Å². The zero-order valence-corrected chi connectivity index (χ0v) is 12.7. The molecule has 0 saturated heterocycles. The standard InChI is InChI=1S/C14H24N4O2/c1-5-8-18(10-14(2,3)9-15)11-6-7-16-12(17-11)13(19)20-4/h6-7H,5,8-10,15H2,1-4H3. The third-order valence-corrected chi connectivity index (χ3v) is 3.00. The van der Waals surface area contributed by atoms with Crippen LogP contribution in [0.25, 0.3) is 0 Å². The third kappa shape index (κ3) is 4.45. The number of rotatable bonds is 7. The lowest BCUT2D eigenvalue weighted by atomic mass is 9.93. The van der Waals surface area contributed by atoms with Crippen molar-refractivity contribution in [3.63, 3.8) is 0 Å². The van der Waals surface area contributed by atoms with Crippen LogP contribution in [0.15, 0.2) is 12.3 Å². The number of nitrogens with two attached hydrogens (primary N) is 1. The summed E-state index contributed by atoms with van der Waals surface area (Å²) >= 11 is 0. The molecule has 0 radical (unpaired) electrons. The molecule has 0 aliphatic rings. The molecule has 0 unspecified atom stereocenters. The highest BCUT2D eigenvalue weighted by molar-refractivity contribution is 5.85. The SMILES string of the molecule is CCCN(CC(C)(C)CN)c1ccnc(C(=O)OC)n1. The maximum atomic E-state index is 11.5. The van der Waals surface area contributed by atoms with E-state index < -0.39 is 5.97 Å². The first kappa shape index (κ1) is 16.4. The molecule has 0 amide bonds. The van der Waals surface area contributed by atoms with Gasteiger partial charge in [0.05, 0.1) is 7.11 Å². The Morgan fingerprint density at radius 2 is 2.20 bits per heavy atom. The maximum Gasteiger partial charge on any atom is 0.376 e. The number of carbonyl (C=O) groups is 1. The molecule has 0 atom stereocenters. The van der Waals surface area contributed by atoms with Gasteiger partial charge < -0.3 is 15.4 Å². The van der Waals surface area contributed by atoms with Gasteiger partial charge >= 0.3 is 5.97 Å². The van der Waals surface area contributed by atoms with Crippen LogP contribution in [0.5, 0.6) is 0 Å². The Kier molecular flexibility index (Phi) is 5.88. The number of nitrogens with zero attached hydrogens (tertiary/aromatic N) is 3. The van der Waals surface area contributed by atoms with Crippen LogP contribution in [0.3, 0.4) is 0 Å². The van der Waals surface area contributed by atoms with E-state index in [0.717, 1.165) is 25.3 Å². The van der Waals surface area contributed by atoms with E-state index >= 15 is 0 Å². The monoisotopic (exact) mass is 280 g/mol. The minimum Gasteiger partial charge on any atom is -0.463 e. The van der Waals surface area contributed by atoms with E-state index in [9.17, 15) is 4.79 Å². The molecule has 0 aliphatic carbocycles. The van der Waals surface area contributed by atoms with Crippen molar-refractivity contribution in [2.45, 2.75) is 27.2 Å². The van der Waals surface area contributed by atoms with Gasteiger partial charge in [0, 0.05) is 19.3 Å². The average molecular weight is 280 g/mol. The molecular formula is C14H24N4O2. The van der Waals surface area contributed by atoms with Crippen molar-refractivity contribution in [3.8, 4) is 0 Å². The maximum absolute atomic E-state index is 11.5. The number of ether oxygens (including phenoxy) is 1. The predicted octanol–water partition coefficient (Wildman–Crippen LogP) is 1.46. The van der Waals surface area contributed by atoms with Gasteiger partial charge in [-0.05, 0) is 24.4 Å². The summed E-state index contributed by atoms with van der Waals surface area (Å²) in [7, 11) is 1.32. The van der Waals surface area contributed by atoms with E-state index in [-0.39, 0.29) is 11.2 Å². The Bertz CT molecular complexity index is 449. The van der Waals surface area contributed by atoms with Crippen LogP contribution in [0.4, 0.5) is 5.82 Å². The Hall–Kier alpha value is -1.69. The highest BCUT2D eigenvalue weighted by Gasteiger charge is 2.22. The van der Waals surface area contributed by atoms with Gasteiger partial charge in [0.2, 0.25) is 5.82 Å². The summed E-state index contributed by atoms with van der Waals surface area (Å²) in [6, 6.07) is 1.80. The first-order chi connectivity index (χ1) is 9.43. The van der Waals surface area contributed by atoms with Crippen molar-refractivity contribution in [2.24, 2.45) is 11.1 Å². The highest BCUT2D eigenvalue weighted by atomic mass is 16.5. The number of esters is 1. The fourth-order valence-corrected chi connectivity index (χ4v) is 1.84. The van der Waals surface area contributed by atoms with Gasteiger partial charge in [-0.25, -0.2) is 14.8 Å². The molecule has 1 rings (SSSR count). The Labute approximate surface area is 120 Å². The summed E-state index contributed by atoms with van der Waals surface area (Å²) in [5, 5.41) is 0. The van der Waals surface area contributed by atoms with Crippen molar-refractivity contribution >= 4 is 11.8 Å². The normalized spacial score (nSPS) is 11.2. The lowest BCUT2D eigenvalue weighted by Gasteiger charge is -2.32. The molecule has 112 valence electrons. The van der Waals surface area contributed by atoms with Crippen molar-refractivity contribution < 1.29 is 9.53 Å². The quantitative estimate of drug-likeness (QED) is 0.762. The van der Waals surface area contributed by atoms with Gasteiger partial charge in [0.15, 0.2) is 0 Å².